The molecule has 0 saturated heterocycles. The molecule has 0 rings (SSSR count). The third kappa shape index (κ3) is 3.51. The molecule has 1 unspecified atom stereocenters. The molecule has 0 aliphatic rings. The molecule has 0 aromatic rings. The van der Waals surface area contributed by atoms with Crippen molar-refractivity contribution >= 4 is 47.8 Å². The van der Waals surface area contributed by atoms with Gasteiger partial charge in [0.15, 0.2) is 2.14 Å². The van der Waals surface area contributed by atoms with Gasteiger partial charge in [0.05, 0.1) is 0 Å². The highest BCUT2D eigenvalue weighted by Crippen LogP contribution is 2.39. The number of hydrogen-bond donors (Lipinski definition) is 1. The lowest BCUT2D eigenvalue weighted by atomic mass is 10.2. The van der Waals surface area contributed by atoms with Gasteiger partial charge in [-0.1, -0.05) is 53.9 Å². The van der Waals surface area contributed by atoms with E-state index >= 15 is 0 Å². The fraction of sp³-hybridized carbons (Fsp3) is 0.667. The molecule has 60 valence electrons. The summed E-state index contributed by atoms with van der Waals surface area (Å²) in [6, 6.07) is 0. The van der Waals surface area contributed by atoms with E-state index in [-0.39, 0.29) is 0 Å². The monoisotopic (exact) mass is 334 g/mol. The molecule has 0 saturated carbocycles. The number of halogens is 3. The molecule has 1 N–H and O–H groups in total. The van der Waals surface area contributed by atoms with Crippen molar-refractivity contribution in [3.8, 4) is 0 Å². The summed E-state index contributed by atoms with van der Waals surface area (Å²) in [6.45, 7) is 3.75. The number of alkyl halides is 3. The Morgan fingerprint density at radius 1 is 1.50 bits per heavy atom. The maximum atomic E-state index is 9.45. The van der Waals surface area contributed by atoms with Crippen molar-refractivity contribution in [2.24, 2.45) is 0 Å². The molecule has 0 aromatic carbocycles. The first-order valence-electron chi connectivity index (χ1n) is 2.77. The highest BCUT2D eigenvalue weighted by atomic mass is 80.0. The number of rotatable bonds is 1. The average Bonchev–Trinajstić information content (AvgIpc) is 1.83. The zero-order valence-electron chi connectivity index (χ0n) is 5.74. The van der Waals surface area contributed by atoms with Gasteiger partial charge in [-0.15, -0.1) is 0 Å². The van der Waals surface area contributed by atoms with Gasteiger partial charge in [-0.3, -0.25) is 0 Å². The van der Waals surface area contributed by atoms with E-state index in [1.165, 1.54) is 0 Å². The molecule has 0 bridgehead atoms. The Balaban J connectivity index is 4.23. The van der Waals surface area contributed by atoms with Gasteiger partial charge in [0.25, 0.3) is 0 Å². The summed E-state index contributed by atoms with van der Waals surface area (Å²) >= 11 is 9.68. The summed E-state index contributed by atoms with van der Waals surface area (Å²) in [5, 5.41) is 9.45. The first-order valence-corrected chi connectivity index (χ1v) is 5.15. The molecular formula is C6H9Br3O. The second-order valence-corrected chi connectivity index (χ2v) is 8.92. The summed E-state index contributed by atoms with van der Waals surface area (Å²) in [7, 11) is 0. The van der Waals surface area contributed by atoms with E-state index in [9.17, 15) is 5.11 Å². The van der Waals surface area contributed by atoms with Crippen LogP contribution in [0.5, 0.6) is 0 Å². The maximum absolute atomic E-state index is 9.45. The van der Waals surface area contributed by atoms with Crippen LogP contribution in [0, 0.1) is 0 Å². The number of aliphatic hydroxyl groups is 1. The van der Waals surface area contributed by atoms with Gasteiger partial charge in [-0.2, -0.15) is 0 Å². The first-order chi connectivity index (χ1) is 4.39. The Bertz CT molecular complexity index is 136. The molecule has 0 aromatic heterocycles. The van der Waals surface area contributed by atoms with Crippen molar-refractivity contribution in [2.75, 3.05) is 0 Å². The molecule has 0 heterocycles. The van der Waals surface area contributed by atoms with Gasteiger partial charge >= 0.3 is 0 Å². The standard InChI is InChI=1S/C6H9Br3O/c1-3-4(2)5(10)6(7,8)9/h3,5,10H,1-2H3/b4-3+. The van der Waals surface area contributed by atoms with E-state index < -0.39 is 8.25 Å². The lowest BCUT2D eigenvalue weighted by Crippen LogP contribution is -2.24. The normalized spacial score (nSPS) is 17.2. The zero-order valence-corrected chi connectivity index (χ0v) is 10.5. The Kier molecular flexibility index (Phi) is 4.72. The average molecular weight is 337 g/mol. The van der Waals surface area contributed by atoms with Gasteiger partial charge in [-0.25, -0.2) is 0 Å². The summed E-state index contributed by atoms with van der Waals surface area (Å²) in [6.07, 6.45) is 1.31. The lowest BCUT2D eigenvalue weighted by Gasteiger charge is -2.20. The van der Waals surface area contributed by atoms with E-state index in [0.717, 1.165) is 5.57 Å². The zero-order chi connectivity index (χ0) is 8.36. The van der Waals surface area contributed by atoms with Gasteiger partial charge in [0.2, 0.25) is 0 Å². The molecule has 1 atom stereocenters. The van der Waals surface area contributed by atoms with Gasteiger partial charge in [0.1, 0.15) is 6.10 Å². The van der Waals surface area contributed by atoms with E-state index in [1.54, 1.807) is 0 Å². The molecule has 1 nitrogen and oxygen atoms in total. The smallest absolute Gasteiger partial charge is 0.164 e. The minimum atomic E-state index is -0.594. The Morgan fingerprint density at radius 3 is 2.00 bits per heavy atom. The molecule has 0 radical (unpaired) electrons. The van der Waals surface area contributed by atoms with E-state index in [2.05, 4.69) is 47.8 Å². The Labute approximate surface area is 86.3 Å². The van der Waals surface area contributed by atoms with Crippen LogP contribution in [0.1, 0.15) is 13.8 Å². The topological polar surface area (TPSA) is 20.2 Å². The minimum Gasteiger partial charge on any atom is -0.385 e. The number of allylic oxidation sites excluding steroid dienone is 1. The van der Waals surface area contributed by atoms with Crippen LogP contribution in [-0.4, -0.2) is 13.4 Å². The summed E-state index contributed by atoms with van der Waals surface area (Å²) in [5.74, 6) is 0. The van der Waals surface area contributed by atoms with Gasteiger partial charge in [-0.05, 0) is 19.4 Å². The van der Waals surface area contributed by atoms with Crippen molar-refractivity contribution in [1.29, 1.82) is 0 Å². The molecule has 0 amide bonds. The van der Waals surface area contributed by atoms with Crippen molar-refractivity contribution in [3.63, 3.8) is 0 Å². The Hall–Kier alpha value is 1.14. The third-order valence-electron chi connectivity index (χ3n) is 1.20. The first kappa shape index (κ1) is 11.1. The second kappa shape index (κ2) is 4.24. The van der Waals surface area contributed by atoms with Crippen LogP contribution in [0.25, 0.3) is 0 Å². The van der Waals surface area contributed by atoms with Gasteiger partial charge in [0, 0.05) is 0 Å². The highest BCUT2D eigenvalue weighted by molar-refractivity contribution is 9.39. The van der Waals surface area contributed by atoms with Crippen LogP contribution in [0.3, 0.4) is 0 Å². The highest BCUT2D eigenvalue weighted by Gasteiger charge is 2.29. The molecular weight excluding hydrogens is 328 g/mol. The summed E-state index contributed by atoms with van der Waals surface area (Å²) in [4.78, 5) is 0. The predicted octanol–water partition coefficient (Wildman–Crippen LogP) is 3.15. The van der Waals surface area contributed by atoms with E-state index in [0.29, 0.717) is 0 Å². The largest absolute Gasteiger partial charge is 0.385 e. The Morgan fingerprint density at radius 2 is 1.90 bits per heavy atom. The van der Waals surface area contributed by atoms with E-state index in [1.807, 2.05) is 19.9 Å². The molecule has 10 heavy (non-hydrogen) atoms. The summed E-state index contributed by atoms with van der Waals surface area (Å²) < 4.78 is -0.594. The van der Waals surface area contributed by atoms with Crippen LogP contribution < -0.4 is 0 Å². The predicted molar refractivity (Wildman–Crippen MR) is 54.9 cm³/mol. The van der Waals surface area contributed by atoms with Crippen molar-refractivity contribution < 1.29 is 5.11 Å². The third-order valence-corrected chi connectivity index (χ3v) is 2.50. The summed E-state index contributed by atoms with van der Waals surface area (Å²) in [5.41, 5.74) is 0.908. The molecule has 0 spiro atoms. The molecule has 0 aliphatic heterocycles. The minimum absolute atomic E-state index is 0.558. The van der Waals surface area contributed by atoms with Crippen molar-refractivity contribution in [2.45, 2.75) is 22.1 Å². The van der Waals surface area contributed by atoms with Crippen LogP contribution in [-0.2, 0) is 0 Å². The van der Waals surface area contributed by atoms with Gasteiger partial charge < -0.3 is 5.11 Å². The SMILES string of the molecule is C/C=C(\C)C(O)C(Br)(Br)Br. The molecule has 4 heteroatoms. The second-order valence-electron chi connectivity index (χ2n) is 1.98. The van der Waals surface area contributed by atoms with Crippen LogP contribution in [0.15, 0.2) is 11.6 Å². The number of hydrogen-bond acceptors (Lipinski definition) is 1. The van der Waals surface area contributed by atoms with Crippen LogP contribution in [0.4, 0.5) is 0 Å². The van der Waals surface area contributed by atoms with E-state index in [4.69, 9.17) is 0 Å². The maximum Gasteiger partial charge on any atom is 0.164 e. The fourth-order valence-corrected chi connectivity index (χ4v) is 1.50. The quantitative estimate of drug-likeness (QED) is 0.576. The molecule has 0 fully saturated rings. The molecule has 0 aliphatic carbocycles. The van der Waals surface area contributed by atoms with Crippen LogP contribution in [0.2, 0.25) is 0 Å². The fourth-order valence-electron chi connectivity index (χ4n) is 0.416. The number of aliphatic hydroxyl groups excluding tert-OH is 1. The van der Waals surface area contributed by atoms with Crippen molar-refractivity contribution in [1.82, 2.24) is 0 Å². The van der Waals surface area contributed by atoms with Crippen molar-refractivity contribution in [3.05, 3.63) is 11.6 Å². The van der Waals surface area contributed by atoms with Crippen LogP contribution >= 0.6 is 47.8 Å². The lowest BCUT2D eigenvalue weighted by molar-refractivity contribution is 0.225.